The molecule has 0 aromatic heterocycles. The van der Waals surface area contributed by atoms with Gasteiger partial charge in [-0.15, -0.1) is 0 Å². The van der Waals surface area contributed by atoms with E-state index in [2.05, 4.69) is 4.90 Å². The molecule has 116 valence electrons. The highest BCUT2D eigenvalue weighted by atomic mass is 16.5. The second kappa shape index (κ2) is 5.91. The predicted molar refractivity (Wildman–Crippen MR) is 78.7 cm³/mol. The number of likely N-dealkylation sites (tertiary alicyclic amines) is 1. The Morgan fingerprint density at radius 2 is 2.05 bits per heavy atom. The van der Waals surface area contributed by atoms with Crippen molar-refractivity contribution < 1.29 is 19.4 Å². The average molecular weight is 294 g/mol. The van der Waals surface area contributed by atoms with Crippen molar-refractivity contribution in [2.24, 2.45) is 5.73 Å². The zero-order valence-corrected chi connectivity index (χ0v) is 12.6. The molecule has 1 fully saturated rings. The summed E-state index contributed by atoms with van der Waals surface area (Å²) in [5.74, 6) is 0.399. The van der Waals surface area contributed by atoms with Gasteiger partial charge in [0.2, 0.25) is 0 Å². The van der Waals surface area contributed by atoms with Crippen LogP contribution in [0.15, 0.2) is 18.2 Å². The summed E-state index contributed by atoms with van der Waals surface area (Å²) in [4.78, 5) is 13.3. The Balaban J connectivity index is 2.18. The Morgan fingerprint density at radius 1 is 1.38 bits per heavy atom. The van der Waals surface area contributed by atoms with Crippen LogP contribution in [0, 0.1) is 0 Å². The third-order valence-electron chi connectivity index (χ3n) is 4.19. The molecule has 0 saturated carbocycles. The van der Waals surface area contributed by atoms with Crippen molar-refractivity contribution >= 4 is 5.97 Å². The molecule has 3 N–H and O–H groups in total. The quantitative estimate of drug-likeness (QED) is 0.850. The molecule has 2 unspecified atom stereocenters. The number of hydrogen-bond acceptors (Lipinski definition) is 5. The van der Waals surface area contributed by atoms with Crippen LogP contribution in [0.5, 0.6) is 11.5 Å². The normalized spacial score (nSPS) is 23.8. The summed E-state index contributed by atoms with van der Waals surface area (Å²) in [6.07, 6.45) is 0.458. The number of ether oxygens (including phenoxy) is 2. The van der Waals surface area contributed by atoms with Gasteiger partial charge in [-0.1, -0.05) is 6.07 Å². The molecule has 2 atom stereocenters. The molecule has 1 aromatic rings. The minimum absolute atomic E-state index is 0.0644. The van der Waals surface area contributed by atoms with Gasteiger partial charge in [0.05, 0.1) is 14.2 Å². The van der Waals surface area contributed by atoms with Crippen LogP contribution in [0.1, 0.15) is 24.9 Å². The first-order valence-corrected chi connectivity index (χ1v) is 6.89. The van der Waals surface area contributed by atoms with Crippen LogP contribution in [0.4, 0.5) is 0 Å². The molecule has 1 aliphatic heterocycles. The van der Waals surface area contributed by atoms with Gasteiger partial charge in [0.15, 0.2) is 11.5 Å². The highest BCUT2D eigenvalue weighted by molar-refractivity contribution is 5.79. The van der Waals surface area contributed by atoms with Crippen molar-refractivity contribution in [2.45, 2.75) is 24.9 Å². The number of carbonyl (C=O) groups is 1. The molecule has 6 nitrogen and oxygen atoms in total. The number of nitrogens with two attached hydrogens (primary N) is 1. The summed E-state index contributed by atoms with van der Waals surface area (Å²) < 4.78 is 10.5. The Bertz CT molecular complexity index is 534. The number of rotatable bonds is 5. The first kappa shape index (κ1) is 15.6. The fourth-order valence-corrected chi connectivity index (χ4v) is 2.69. The minimum Gasteiger partial charge on any atom is -0.493 e. The maximum Gasteiger partial charge on any atom is 0.325 e. The Morgan fingerprint density at radius 3 is 2.57 bits per heavy atom. The van der Waals surface area contributed by atoms with Gasteiger partial charge >= 0.3 is 5.97 Å². The van der Waals surface area contributed by atoms with Crippen LogP contribution in [-0.2, 0) is 4.79 Å². The molecule has 1 aliphatic rings. The zero-order chi connectivity index (χ0) is 15.6. The number of hydrogen-bond donors (Lipinski definition) is 2. The third-order valence-corrected chi connectivity index (χ3v) is 4.19. The van der Waals surface area contributed by atoms with E-state index < -0.39 is 11.5 Å². The van der Waals surface area contributed by atoms with E-state index in [1.54, 1.807) is 14.2 Å². The first-order chi connectivity index (χ1) is 9.91. The molecular formula is C15H22N2O4. The van der Waals surface area contributed by atoms with Crippen molar-refractivity contribution in [1.29, 1.82) is 0 Å². The van der Waals surface area contributed by atoms with Crippen LogP contribution in [0.3, 0.4) is 0 Å². The fourth-order valence-electron chi connectivity index (χ4n) is 2.69. The van der Waals surface area contributed by atoms with E-state index in [4.69, 9.17) is 15.2 Å². The van der Waals surface area contributed by atoms with Gasteiger partial charge in [-0.3, -0.25) is 9.69 Å². The minimum atomic E-state index is -1.15. The lowest BCUT2D eigenvalue weighted by molar-refractivity contribution is -0.142. The molecule has 6 heteroatoms. The van der Waals surface area contributed by atoms with E-state index in [9.17, 15) is 9.90 Å². The number of carboxylic acids is 1. The van der Waals surface area contributed by atoms with Gasteiger partial charge in [-0.05, 0) is 31.0 Å². The number of nitrogens with zero attached hydrogens (tertiary/aromatic N) is 1. The molecule has 2 rings (SSSR count). The molecule has 21 heavy (non-hydrogen) atoms. The summed E-state index contributed by atoms with van der Waals surface area (Å²) in [6.45, 7) is 3.05. The number of aliphatic carboxylic acids is 1. The molecule has 1 aromatic carbocycles. The van der Waals surface area contributed by atoms with Crippen molar-refractivity contribution in [3.05, 3.63) is 23.8 Å². The second-order valence-electron chi connectivity index (χ2n) is 5.47. The number of methoxy groups -OCH3 is 2. The van der Waals surface area contributed by atoms with Gasteiger partial charge in [0.1, 0.15) is 5.54 Å². The smallest absolute Gasteiger partial charge is 0.325 e. The highest BCUT2D eigenvalue weighted by Crippen LogP contribution is 2.34. The molecule has 1 heterocycles. The van der Waals surface area contributed by atoms with E-state index >= 15 is 0 Å². The van der Waals surface area contributed by atoms with Crippen LogP contribution < -0.4 is 15.2 Å². The molecule has 0 spiro atoms. The van der Waals surface area contributed by atoms with Gasteiger partial charge < -0.3 is 20.3 Å². The Kier molecular flexibility index (Phi) is 4.39. The standard InChI is InChI=1S/C15H22N2O4/c1-10(17-7-6-15(16,9-17)14(18)19)11-4-5-12(20-2)13(8-11)21-3/h4-5,8,10H,6-7,9,16H2,1-3H3,(H,18,19). The summed E-state index contributed by atoms with van der Waals surface area (Å²) in [5, 5.41) is 9.20. The van der Waals surface area contributed by atoms with Crippen LogP contribution in [0.2, 0.25) is 0 Å². The first-order valence-electron chi connectivity index (χ1n) is 6.89. The number of carboxylic acid groups (broad SMARTS) is 1. The third kappa shape index (κ3) is 2.96. The lowest BCUT2D eigenvalue weighted by Gasteiger charge is -2.26. The van der Waals surface area contributed by atoms with Crippen molar-refractivity contribution in [2.75, 3.05) is 27.3 Å². The number of benzene rings is 1. The van der Waals surface area contributed by atoms with E-state index in [0.717, 1.165) is 5.56 Å². The molecule has 0 amide bonds. The molecule has 1 saturated heterocycles. The molecular weight excluding hydrogens is 272 g/mol. The second-order valence-corrected chi connectivity index (χ2v) is 5.47. The Hall–Kier alpha value is -1.79. The van der Waals surface area contributed by atoms with E-state index in [-0.39, 0.29) is 6.04 Å². The summed E-state index contributed by atoms with van der Waals surface area (Å²) >= 11 is 0. The van der Waals surface area contributed by atoms with Gasteiger partial charge in [0, 0.05) is 19.1 Å². The van der Waals surface area contributed by atoms with Crippen molar-refractivity contribution in [3.63, 3.8) is 0 Å². The van der Waals surface area contributed by atoms with E-state index in [1.165, 1.54) is 0 Å². The van der Waals surface area contributed by atoms with Gasteiger partial charge in [-0.2, -0.15) is 0 Å². The van der Waals surface area contributed by atoms with Crippen LogP contribution in [-0.4, -0.2) is 48.8 Å². The predicted octanol–water partition coefficient (Wildman–Crippen LogP) is 1.25. The van der Waals surface area contributed by atoms with E-state index in [0.29, 0.717) is 31.0 Å². The maximum absolute atomic E-state index is 11.2. The van der Waals surface area contributed by atoms with Gasteiger partial charge in [-0.25, -0.2) is 0 Å². The SMILES string of the molecule is COc1ccc(C(C)N2CCC(N)(C(=O)O)C2)cc1OC. The van der Waals surface area contributed by atoms with Crippen molar-refractivity contribution in [3.8, 4) is 11.5 Å². The van der Waals surface area contributed by atoms with E-state index in [1.807, 2.05) is 25.1 Å². The fraction of sp³-hybridized carbons (Fsp3) is 0.533. The lowest BCUT2D eigenvalue weighted by atomic mass is 10.0. The van der Waals surface area contributed by atoms with Crippen molar-refractivity contribution in [1.82, 2.24) is 4.90 Å². The largest absolute Gasteiger partial charge is 0.493 e. The summed E-state index contributed by atoms with van der Waals surface area (Å²) in [7, 11) is 3.19. The lowest BCUT2D eigenvalue weighted by Crippen LogP contribution is -2.50. The monoisotopic (exact) mass is 294 g/mol. The van der Waals surface area contributed by atoms with Crippen LogP contribution >= 0.6 is 0 Å². The molecule has 0 aliphatic carbocycles. The Labute approximate surface area is 124 Å². The molecule has 0 radical (unpaired) electrons. The topological polar surface area (TPSA) is 85.0 Å². The van der Waals surface area contributed by atoms with Gasteiger partial charge in [0.25, 0.3) is 0 Å². The summed E-state index contributed by atoms with van der Waals surface area (Å²) in [6, 6.07) is 5.80. The zero-order valence-electron chi connectivity index (χ0n) is 12.6. The maximum atomic E-state index is 11.2. The highest BCUT2D eigenvalue weighted by Gasteiger charge is 2.42. The average Bonchev–Trinajstić information content (AvgIpc) is 2.89. The summed E-state index contributed by atoms with van der Waals surface area (Å²) in [5.41, 5.74) is 5.82. The van der Waals surface area contributed by atoms with Crippen LogP contribution in [0.25, 0.3) is 0 Å². The molecule has 0 bridgehead atoms.